The lowest BCUT2D eigenvalue weighted by molar-refractivity contribution is -0.870. The van der Waals surface area contributed by atoms with E-state index in [9.17, 15) is 19.4 Å². The van der Waals surface area contributed by atoms with Crippen LogP contribution in [0.3, 0.4) is 0 Å². The summed E-state index contributed by atoms with van der Waals surface area (Å²) in [7, 11) is 1.27. The number of nitrogens with one attached hydrogen (secondary N) is 1. The molecule has 0 aromatic heterocycles. The predicted octanol–water partition coefficient (Wildman–Crippen LogP) is 15.4. The van der Waals surface area contributed by atoms with E-state index in [1.54, 1.807) is 6.08 Å². The number of carbonyl (C=O) groups excluding carboxylic acids is 1. The number of hydrogen-bond donors (Lipinski definition) is 2. The van der Waals surface area contributed by atoms with Crippen molar-refractivity contribution < 1.29 is 32.9 Å². The summed E-state index contributed by atoms with van der Waals surface area (Å²) in [6.07, 6.45) is 56.7. The van der Waals surface area contributed by atoms with Crippen molar-refractivity contribution in [3.05, 3.63) is 24.3 Å². The largest absolute Gasteiger partial charge is 0.756 e. The van der Waals surface area contributed by atoms with Gasteiger partial charge in [-0.3, -0.25) is 9.36 Å². The molecular weight excluding hydrogens is 804 g/mol. The highest BCUT2D eigenvalue weighted by molar-refractivity contribution is 7.45. The molecule has 0 saturated carbocycles. The Hall–Kier alpha value is -1.02. The molecule has 0 aromatic rings. The van der Waals surface area contributed by atoms with Crippen molar-refractivity contribution in [3.8, 4) is 0 Å². The van der Waals surface area contributed by atoms with Crippen molar-refractivity contribution >= 4 is 13.7 Å². The molecule has 2 N–H and O–H groups in total. The zero-order valence-electron chi connectivity index (χ0n) is 42.5. The number of unbranched alkanes of at least 4 members (excludes halogenated alkanes) is 35. The Bertz CT molecular complexity index is 1080. The molecule has 0 heterocycles. The van der Waals surface area contributed by atoms with Gasteiger partial charge in [0, 0.05) is 6.42 Å². The first kappa shape index (κ1) is 62.0. The Morgan fingerprint density at radius 3 is 1.24 bits per heavy atom. The van der Waals surface area contributed by atoms with Gasteiger partial charge in [0.25, 0.3) is 7.82 Å². The lowest BCUT2D eigenvalue weighted by Crippen LogP contribution is -2.45. The minimum Gasteiger partial charge on any atom is -0.756 e. The zero-order valence-corrected chi connectivity index (χ0v) is 43.4. The standard InChI is InChI=1S/C54H107N2O6P/c1-6-8-10-12-14-16-18-20-22-23-24-25-26-27-28-29-30-31-32-34-36-38-40-42-44-46-48-54(58)55-52(51-62-63(59,60)61-50-49-56(3,4)5)53(57)47-45-43-41-39-37-35-33-21-19-17-15-13-11-9-7-2/h27-28,45,47,52-53,57H,6-26,29-44,46,48-51H2,1-5H3,(H-,55,58,59,60)/b28-27-,47-45+. The minimum atomic E-state index is -4.59. The minimum absolute atomic E-state index is 0.000309. The number of hydrogen-bond acceptors (Lipinski definition) is 6. The number of phosphoric ester groups is 1. The highest BCUT2D eigenvalue weighted by atomic mass is 31.2. The first-order valence-corrected chi connectivity index (χ1v) is 28.7. The molecule has 0 fully saturated rings. The number of likely N-dealkylation sites (N-methyl/N-ethyl adjacent to an activating group) is 1. The summed E-state index contributed by atoms with van der Waals surface area (Å²) in [5.74, 6) is -0.196. The second-order valence-electron chi connectivity index (χ2n) is 19.9. The van der Waals surface area contributed by atoms with Crippen molar-refractivity contribution in [2.75, 3.05) is 40.9 Å². The average molecular weight is 911 g/mol. The van der Waals surface area contributed by atoms with Crippen LogP contribution in [0, 0.1) is 0 Å². The number of aliphatic hydroxyl groups excluding tert-OH is 1. The topological polar surface area (TPSA) is 108 Å². The molecule has 0 saturated heterocycles. The van der Waals surface area contributed by atoms with Gasteiger partial charge in [-0.25, -0.2) is 0 Å². The molecule has 0 radical (unpaired) electrons. The van der Waals surface area contributed by atoms with Crippen LogP contribution in [0.15, 0.2) is 24.3 Å². The highest BCUT2D eigenvalue weighted by Gasteiger charge is 2.23. The van der Waals surface area contributed by atoms with Gasteiger partial charge in [-0.2, -0.15) is 0 Å². The van der Waals surface area contributed by atoms with Gasteiger partial charge in [0.05, 0.1) is 39.9 Å². The number of allylic oxidation sites excluding steroid dienone is 3. The fourth-order valence-corrected chi connectivity index (χ4v) is 8.81. The number of amides is 1. The smallest absolute Gasteiger partial charge is 0.268 e. The van der Waals surface area contributed by atoms with Gasteiger partial charge < -0.3 is 28.8 Å². The number of phosphoric acid groups is 1. The van der Waals surface area contributed by atoms with Crippen molar-refractivity contribution in [2.24, 2.45) is 0 Å². The van der Waals surface area contributed by atoms with Crippen LogP contribution in [0.1, 0.15) is 264 Å². The van der Waals surface area contributed by atoms with E-state index in [1.165, 1.54) is 205 Å². The van der Waals surface area contributed by atoms with E-state index in [2.05, 4.69) is 31.3 Å². The first-order chi connectivity index (χ1) is 30.5. The van der Waals surface area contributed by atoms with Gasteiger partial charge in [-0.1, -0.05) is 237 Å². The van der Waals surface area contributed by atoms with Gasteiger partial charge in [0.15, 0.2) is 0 Å². The summed E-state index contributed by atoms with van der Waals surface area (Å²) in [4.78, 5) is 25.4. The Morgan fingerprint density at radius 1 is 0.540 bits per heavy atom. The molecule has 0 aliphatic heterocycles. The molecular formula is C54H107N2O6P. The Labute approximate surface area is 392 Å². The summed E-state index contributed by atoms with van der Waals surface area (Å²) in [5.41, 5.74) is 0. The SMILES string of the molecule is CCCCCCCCCCCCCC/C=C\CCCCCCCCCCCCC(=O)NC(COP(=O)([O-])OCC[N+](C)(C)C)C(O)/C=C/CCCCCCCCCCCCCCC. The van der Waals surface area contributed by atoms with Crippen LogP contribution in [-0.2, 0) is 18.4 Å². The second-order valence-corrected chi connectivity index (χ2v) is 21.3. The van der Waals surface area contributed by atoms with Crippen molar-refractivity contribution in [2.45, 2.75) is 276 Å². The van der Waals surface area contributed by atoms with Crippen molar-refractivity contribution in [1.29, 1.82) is 0 Å². The van der Waals surface area contributed by atoms with Crippen LogP contribution in [0.25, 0.3) is 0 Å². The summed E-state index contributed by atoms with van der Waals surface area (Å²) in [6.45, 7) is 4.67. The fraction of sp³-hybridized carbons (Fsp3) is 0.907. The van der Waals surface area contributed by atoms with Crippen LogP contribution >= 0.6 is 7.82 Å². The third-order valence-corrected chi connectivity index (χ3v) is 13.4. The Balaban J connectivity index is 4.18. The Kier molecular flexibility index (Phi) is 45.4. The van der Waals surface area contributed by atoms with Crippen LogP contribution in [0.4, 0.5) is 0 Å². The third-order valence-electron chi connectivity index (χ3n) is 12.4. The highest BCUT2D eigenvalue weighted by Crippen LogP contribution is 2.38. The third kappa shape index (κ3) is 48.7. The summed E-state index contributed by atoms with van der Waals surface area (Å²) in [6, 6.07) is -0.884. The van der Waals surface area contributed by atoms with Gasteiger partial charge in [-0.15, -0.1) is 0 Å². The quantitative estimate of drug-likeness (QED) is 0.0272. The van der Waals surface area contributed by atoms with Gasteiger partial charge in [0.1, 0.15) is 13.2 Å². The van der Waals surface area contributed by atoms with Gasteiger partial charge in [-0.05, 0) is 44.9 Å². The van der Waals surface area contributed by atoms with Crippen LogP contribution < -0.4 is 10.2 Å². The molecule has 0 bridgehead atoms. The van der Waals surface area contributed by atoms with E-state index in [0.29, 0.717) is 17.4 Å². The maximum atomic E-state index is 12.9. The molecule has 0 aromatic carbocycles. The second kappa shape index (κ2) is 46.1. The number of quaternary nitrogens is 1. The van der Waals surface area contributed by atoms with Crippen molar-refractivity contribution in [3.63, 3.8) is 0 Å². The molecule has 3 atom stereocenters. The van der Waals surface area contributed by atoms with E-state index in [-0.39, 0.29) is 19.1 Å². The molecule has 0 aliphatic rings. The summed E-state index contributed by atoms with van der Waals surface area (Å²) in [5, 5.41) is 13.8. The van der Waals surface area contributed by atoms with E-state index >= 15 is 0 Å². The molecule has 0 spiro atoms. The number of nitrogens with zero attached hydrogens (tertiary/aromatic N) is 1. The average Bonchev–Trinajstić information content (AvgIpc) is 3.24. The van der Waals surface area contributed by atoms with Crippen LogP contribution in [-0.4, -0.2) is 68.5 Å². The lowest BCUT2D eigenvalue weighted by Gasteiger charge is -2.29. The number of rotatable bonds is 50. The normalized spacial score (nSPS) is 14.2. The van der Waals surface area contributed by atoms with Gasteiger partial charge >= 0.3 is 0 Å². The van der Waals surface area contributed by atoms with E-state index < -0.39 is 20.0 Å². The maximum absolute atomic E-state index is 12.9. The van der Waals surface area contributed by atoms with Crippen molar-refractivity contribution in [1.82, 2.24) is 5.32 Å². The predicted molar refractivity (Wildman–Crippen MR) is 270 cm³/mol. The number of carbonyl (C=O) groups is 1. The summed E-state index contributed by atoms with van der Waals surface area (Å²) < 4.78 is 23.3. The molecule has 0 rings (SSSR count). The molecule has 9 heteroatoms. The molecule has 0 aliphatic carbocycles. The zero-order chi connectivity index (χ0) is 46.4. The fourth-order valence-electron chi connectivity index (χ4n) is 8.09. The molecule has 3 unspecified atom stereocenters. The monoisotopic (exact) mass is 911 g/mol. The van der Waals surface area contributed by atoms with E-state index in [0.717, 1.165) is 38.5 Å². The molecule has 374 valence electrons. The molecule has 8 nitrogen and oxygen atoms in total. The number of aliphatic hydroxyl groups is 1. The first-order valence-electron chi connectivity index (χ1n) is 27.2. The maximum Gasteiger partial charge on any atom is 0.268 e. The molecule has 63 heavy (non-hydrogen) atoms. The van der Waals surface area contributed by atoms with Crippen LogP contribution in [0.5, 0.6) is 0 Å². The van der Waals surface area contributed by atoms with Gasteiger partial charge in [0.2, 0.25) is 5.91 Å². The summed E-state index contributed by atoms with van der Waals surface area (Å²) >= 11 is 0. The lowest BCUT2D eigenvalue weighted by atomic mass is 10.0. The Morgan fingerprint density at radius 2 is 0.873 bits per heavy atom. The van der Waals surface area contributed by atoms with E-state index in [1.807, 2.05) is 27.2 Å². The van der Waals surface area contributed by atoms with E-state index in [4.69, 9.17) is 9.05 Å². The van der Waals surface area contributed by atoms with Crippen LogP contribution in [0.2, 0.25) is 0 Å². The molecule has 1 amide bonds.